The SMILES string of the molecule is CC(C)(C)c1cc(Nc2ccccc2S)c(O)c(C(C)(C)C)c1. The minimum atomic E-state index is -0.137. The Morgan fingerprint density at radius 2 is 1.48 bits per heavy atom. The molecule has 2 aromatic carbocycles. The zero-order valence-electron chi connectivity index (χ0n) is 14.9. The zero-order valence-corrected chi connectivity index (χ0v) is 15.8. The van der Waals surface area contributed by atoms with Crippen molar-refractivity contribution in [1.82, 2.24) is 0 Å². The molecule has 3 heteroatoms. The van der Waals surface area contributed by atoms with Crippen molar-refractivity contribution in [3.63, 3.8) is 0 Å². The lowest BCUT2D eigenvalue weighted by Crippen LogP contribution is -2.17. The third-order valence-corrected chi connectivity index (χ3v) is 4.35. The summed E-state index contributed by atoms with van der Waals surface area (Å²) < 4.78 is 0. The van der Waals surface area contributed by atoms with Crippen LogP contribution in [0.5, 0.6) is 5.75 Å². The number of benzene rings is 2. The molecular formula is C20H27NOS. The van der Waals surface area contributed by atoms with Crippen LogP contribution in [0.1, 0.15) is 52.7 Å². The van der Waals surface area contributed by atoms with E-state index in [0.29, 0.717) is 5.75 Å². The number of hydrogen-bond acceptors (Lipinski definition) is 3. The first kappa shape index (κ1) is 17.7. The van der Waals surface area contributed by atoms with Gasteiger partial charge in [-0.25, -0.2) is 0 Å². The van der Waals surface area contributed by atoms with E-state index in [2.05, 4.69) is 65.6 Å². The number of nitrogens with one attached hydrogen (secondary N) is 1. The standard InChI is InChI=1S/C20H27NOS/c1-19(2,3)13-11-14(20(4,5)6)18(22)16(12-13)21-15-9-7-8-10-17(15)23/h7-12,21-23H,1-6H3. The Morgan fingerprint density at radius 1 is 0.870 bits per heavy atom. The molecule has 2 aromatic rings. The van der Waals surface area contributed by atoms with Crippen molar-refractivity contribution in [2.45, 2.75) is 57.3 Å². The Hall–Kier alpha value is -1.61. The molecule has 0 aliphatic heterocycles. The summed E-state index contributed by atoms with van der Waals surface area (Å²) in [4.78, 5) is 0.852. The average Bonchev–Trinajstić information content (AvgIpc) is 2.40. The van der Waals surface area contributed by atoms with Gasteiger partial charge in [0.05, 0.1) is 11.4 Å². The number of thiol groups is 1. The summed E-state index contributed by atoms with van der Waals surface area (Å²) in [6.45, 7) is 12.9. The highest BCUT2D eigenvalue weighted by molar-refractivity contribution is 7.80. The van der Waals surface area contributed by atoms with Crippen LogP contribution in [-0.2, 0) is 10.8 Å². The van der Waals surface area contributed by atoms with Gasteiger partial charge in [-0.1, -0.05) is 59.7 Å². The van der Waals surface area contributed by atoms with Crippen LogP contribution >= 0.6 is 12.6 Å². The van der Waals surface area contributed by atoms with Crippen molar-refractivity contribution in [3.05, 3.63) is 47.5 Å². The van der Waals surface area contributed by atoms with Crippen LogP contribution in [0.25, 0.3) is 0 Å². The van der Waals surface area contributed by atoms with E-state index < -0.39 is 0 Å². The van der Waals surface area contributed by atoms with E-state index >= 15 is 0 Å². The molecule has 0 radical (unpaired) electrons. The van der Waals surface area contributed by atoms with E-state index in [9.17, 15) is 5.11 Å². The lowest BCUT2D eigenvalue weighted by Gasteiger charge is -2.28. The molecule has 0 unspecified atom stereocenters. The Balaban J connectivity index is 2.60. The summed E-state index contributed by atoms with van der Waals surface area (Å²) in [5.74, 6) is 0.307. The number of aromatic hydroxyl groups is 1. The minimum Gasteiger partial charge on any atom is -0.505 e. The van der Waals surface area contributed by atoms with Crippen LogP contribution in [0.2, 0.25) is 0 Å². The Bertz CT molecular complexity index is 709. The molecule has 0 aliphatic rings. The van der Waals surface area contributed by atoms with Crippen molar-refractivity contribution in [1.29, 1.82) is 0 Å². The lowest BCUT2D eigenvalue weighted by atomic mass is 9.79. The molecular weight excluding hydrogens is 302 g/mol. The van der Waals surface area contributed by atoms with Gasteiger partial charge in [0.25, 0.3) is 0 Å². The Morgan fingerprint density at radius 3 is 2.00 bits per heavy atom. The van der Waals surface area contributed by atoms with Crippen LogP contribution in [-0.4, -0.2) is 5.11 Å². The monoisotopic (exact) mass is 329 g/mol. The largest absolute Gasteiger partial charge is 0.505 e. The summed E-state index contributed by atoms with van der Waals surface area (Å²) in [6.07, 6.45) is 0. The highest BCUT2D eigenvalue weighted by Gasteiger charge is 2.25. The summed E-state index contributed by atoms with van der Waals surface area (Å²) in [5, 5.41) is 14.1. The number of hydrogen-bond donors (Lipinski definition) is 3. The molecule has 23 heavy (non-hydrogen) atoms. The quantitative estimate of drug-likeness (QED) is 0.465. The normalized spacial score (nSPS) is 12.3. The van der Waals surface area contributed by atoms with Crippen molar-refractivity contribution in [2.75, 3.05) is 5.32 Å². The average molecular weight is 330 g/mol. The Labute approximate surface area is 145 Å². The second-order valence-electron chi connectivity index (χ2n) is 8.06. The summed E-state index contributed by atoms with van der Waals surface area (Å²) in [5.41, 5.74) is 3.62. The van der Waals surface area contributed by atoms with Gasteiger partial charge < -0.3 is 10.4 Å². The first-order chi connectivity index (χ1) is 10.5. The molecule has 0 atom stereocenters. The van der Waals surface area contributed by atoms with E-state index in [-0.39, 0.29) is 10.8 Å². The third kappa shape index (κ3) is 4.03. The number of anilines is 2. The third-order valence-electron chi connectivity index (χ3n) is 3.96. The first-order valence-corrected chi connectivity index (χ1v) is 8.38. The fourth-order valence-corrected chi connectivity index (χ4v) is 2.68. The van der Waals surface area contributed by atoms with Gasteiger partial charge in [-0.2, -0.15) is 0 Å². The molecule has 0 amide bonds. The van der Waals surface area contributed by atoms with E-state index in [1.807, 2.05) is 30.3 Å². The molecule has 0 aliphatic carbocycles. The lowest BCUT2D eigenvalue weighted by molar-refractivity contribution is 0.447. The number of phenolic OH excluding ortho intramolecular Hbond substituents is 1. The van der Waals surface area contributed by atoms with Crippen LogP contribution in [0.3, 0.4) is 0 Å². The van der Waals surface area contributed by atoms with Gasteiger partial charge in [0.2, 0.25) is 0 Å². The maximum atomic E-state index is 10.8. The van der Waals surface area contributed by atoms with Crippen LogP contribution in [0, 0.1) is 0 Å². The molecule has 2 N–H and O–H groups in total. The summed E-state index contributed by atoms with van der Waals surface area (Å²) in [6, 6.07) is 11.9. The molecule has 124 valence electrons. The second kappa shape index (κ2) is 6.12. The molecule has 0 bridgehead atoms. The van der Waals surface area contributed by atoms with Crippen molar-refractivity contribution < 1.29 is 5.11 Å². The summed E-state index contributed by atoms with van der Waals surface area (Å²) in [7, 11) is 0. The van der Waals surface area contributed by atoms with Gasteiger partial charge in [0.1, 0.15) is 5.75 Å². The maximum absolute atomic E-state index is 10.8. The van der Waals surface area contributed by atoms with Gasteiger partial charge >= 0.3 is 0 Å². The smallest absolute Gasteiger partial charge is 0.142 e. The number of para-hydroxylation sites is 1. The molecule has 0 heterocycles. The van der Waals surface area contributed by atoms with Crippen molar-refractivity contribution in [2.24, 2.45) is 0 Å². The van der Waals surface area contributed by atoms with Gasteiger partial charge in [-0.3, -0.25) is 0 Å². The van der Waals surface area contributed by atoms with Gasteiger partial charge in [-0.05, 0) is 34.6 Å². The predicted molar refractivity (Wildman–Crippen MR) is 102 cm³/mol. The van der Waals surface area contributed by atoms with Gasteiger partial charge in [0, 0.05) is 10.5 Å². The van der Waals surface area contributed by atoms with Crippen LogP contribution in [0.15, 0.2) is 41.3 Å². The zero-order chi connectivity index (χ0) is 17.4. The first-order valence-electron chi connectivity index (χ1n) is 7.93. The molecule has 0 saturated carbocycles. The number of phenols is 1. The maximum Gasteiger partial charge on any atom is 0.142 e. The van der Waals surface area contributed by atoms with E-state index in [1.54, 1.807) is 0 Å². The van der Waals surface area contributed by atoms with E-state index in [1.165, 1.54) is 5.56 Å². The van der Waals surface area contributed by atoms with E-state index in [4.69, 9.17) is 0 Å². The molecule has 0 spiro atoms. The molecule has 2 rings (SSSR count). The fraction of sp³-hybridized carbons (Fsp3) is 0.400. The van der Waals surface area contributed by atoms with Crippen molar-refractivity contribution in [3.8, 4) is 5.75 Å². The van der Waals surface area contributed by atoms with Gasteiger partial charge in [-0.15, -0.1) is 12.6 Å². The second-order valence-corrected chi connectivity index (χ2v) is 8.54. The van der Waals surface area contributed by atoms with Gasteiger partial charge in [0.15, 0.2) is 0 Å². The molecule has 0 fully saturated rings. The fourth-order valence-electron chi connectivity index (χ4n) is 2.46. The van der Waals surface area contributed by atoms with E-state index in [0.717, 1.165) is 21.8 Å². The molecule has 2 nitrogen and oxygen atoms in total. The molecule has 0 saturated heterocycles. The Kier molecular flexibility index (Phi) is 4.72. The highest BCUT2D eigenvalue weighted by atomic mass is 32.1. The van der Waals surface area contributed by atoms with Crippen molar-refractivity contribution >= 4 is 24.0 Å². The topological polar surface area (TPSA) is 32.3 Å². The summed E-state index contributed by atoms with van der Waals surface area (Å²) >= 11 is 4.48. The van der Waals surface area contributed by atoms with Crippen LogP contribution < -0.4 is 5.32 Å². The minimum absolute atomic E-state index is 0.00458. The predicted octanol–water partition coefficient (Wildman–Crippen LogP) is 6.02. The number of rotatable bonds is 2. The molecule has 0 aromatic heterocycles. The highest BCUT2D eigenvalue weighted by Crippen LogP contribution is 2.41. The van der Waals surface area contributed by atoms with Crippen LogP contribution in [0.4, 0.5) is 11.4 Å².